The third-order valence-electron chi connectivity index (χ3n) is 2.10. The molecule has 0 saturated heterocycles. The molecule has 0 saturated carbocycles. The number of rotatable bonds is 1. The lowest BCUT2D eigenvalue weighted by molar-refractivity contribution is 0.0670. The molecule has 0 radical (unpaired) electrons. The van der Waals surface area contributed by atoms with Crippen LogP contribution in [0.15, 0.2) is 12.1 Å². The summed E-state index contributed by atoms with van der Waals surface area (Å²) in [5.74, 6) is 2.49. The lowest BCUT2D eigenvalue weighted by atomic mass is 10.3. The van der Waals surface area contributed by atoms with Gasteiger partial charge in [0.25, 0.3) is 0 Å². The molecule has 2 aliphatic heterocycles. The van der Waals surface area contributed by atoms with Gasteiger partial charge in [-0.2, -0.15) is 0 Å². The molecule has 0 bridgehead atoms. The average molecular weight is 228 g/mol. The van der Waals surface area contributed by atoms with Crippen LogP contribution in [0.3, 0.4) is 0 Å². The molecule has 6 heteroatoms. The Hall–Kier alpha value is -1.19. The van der Waals surface area contributed by atoms with E-state index in [1.807, 2.05) is 6.92 Å². The maximum absolute atomic E-state index is 5.47. The summed E-state index contributed by atoms with van der Waals surface area (Å²) in [5, 5.41) is 0. The standard InChI is InChI=1S/C9H9O5P/c1-5-11-6-3-4-7-9(8(6)12-5)14-15(10-2)13-7/h3-5H,1-2H3. The summed E-state index contributed by atoms with van der Waals surface area (Å²) >= 11 is 0. The van der Waals surface area contributed by atoms with E-state index in [0.717, 1.165) is 0 Å². The quantitative estimate of drug-likeness (QED) is 0.691. The highest BCUT2D eigenvalue weighted by molar-refractivity contribution is 7.43. The van der Waals surface area contributed by atoms with Gasteiger partial charge in [0.1, 0.15) is 0 Å². The SMILES string of the molecule is COP1Oc2ccc3c(c2O1)OC(C)O3. The average Bonchev–Trinajstić information content (AvgIpc) is 2.78. The molecular weight excluding hydrogens is 219 g/mol. The molecule has 5 nitrogen and oxygen atoms in total. The first kappa shape index (κ1) is 9.07. The van der Waals surface area contributed by atoms with Gasteiger partial charge in [-0.1, -0.05) is 0 Å². The summed E-state index contributed by atoms with van der Waals surface area (Å²) in [6.45, 7) is 1.82. The fraction of sp³-hybridized carbons (Fsp3) is 0.333. The Morgan fingerprint density at radius 3 is 2.73 bits per heavy atom. The van der Waals surface area contributed by atoms with E-state index in [2.05, 4.69) is 0 Å². The zero-order valence-corrected chi connectivity index (χ0v) is 9.11. The second-order valence-corrected chi connectivity index (χ2v) is 4.29. The van der Waals surface area contributed by atoms with Crippen LogP contribution in [0.1, 0.15) is 6.92 Å². The lowest BCUT2D eigenvalue weighted by Crippen LogP contribution is -2.11. The smallest absolute Gasteiger partial charge is 0.451 e. The molecule has 80 valence electrons. The normalized spacial score (nSPS) is 25.7. The van der Waals surface area contributed by atoms with Crippen LogP contribution >= 0.6 is 8.60 Å². The van der Waals surface area contributed by atoms with Crippen LogP contribution in [-0.4, -0.2) is 13.4 Å². The third-order valence-corrected chi connectivity index (χ3v) is 3.08. The van der Waals surface area contributed by atoms with Crippen LogP contribution in [0.4, 0.5) is 0 Å². The van der Waals surface area contributed by atoms with Crippen molar-refractivity contribution in [2.45, 2.75) is 13.2 Å². The Morgan fingerprint density at radius 1 is 1.13 bits per heavy atom. The first-order valence-electron chi connectivity index (χ1n) is 4.48. The van der Waals surface area contributed by atoms with Gasteiger partial charge in [0.2, 0.25) is 17.8 Å². The molecular formula is C9H9O5P. The molecule has 2 unspecified atom stereocenters. The Labute approximate surface area is 87.8 Å². The van der Waals surface area contributed by atoms with Gasteiger partial charge in [0, 0.05) is 14.0 Å². The van der Waals surface area contributed by atoms with Crippen LogP contribution in [0.2, 0.25) is 0 Å². The highest BCUT2D eigenvalue weighted by Gasteiger charge is 2.35. The van der Waals surface area contributed by atoms with Crippen LogP contribution in [0.25, 0.3) is 0 Å². The second-order valence-electron chi connectivity index (χ2n) is 3.11. The van der Waals surface area contributed by atoms with Crippen molar-refractivity contribution in [3.63, 3.8) is 0 Å². The number of fused-ring (bicyclic) bond motifs is 3. The minimum absolute atomic E-state index is 0.288. The highest BCUT2D eigenvalue weighted by Crippen LogP contribution is 2.59. The first-order valence-corrected chi connectivity index (χ1v) is 5.58. The summed E-state index contributed by atoms with van der Waals surface area (Å²) in [6, 6.07) is 3.59. The number of benzene rings is 1. The van der Waals surface area contributed by atoms with Crippen LogP contribution in [0, 0.1) is 0 Å². The van der Waals surface area contributed by atoms with Gasteiger partial charge in [-0.25, -0.2) is 0 Å². The van der Waals surface area contributed by atoms with E-state index >= 15 is 0 Å². The molecule has 1 aromatic carbocycles. The molecule has 0 spiro atoms. The van der Waals surface area contributed by atoms with Crippen molar-refractivity contribution in [3.8, 4) is 23.0 Å². The summed E-state index contributed by atoms with van der Waals surface area (Å²) in [6.07, 6.45) is -0.288. The minimum atomic E-state index is -1.33. The Bertz CT molecular complexity index is 408. The molecule has 1 aromatic rings. The van der Waals surface area contributed by atoms with Crippen molar-refractivity contribution in [3.05, 3.63) is 12.1 Å². The molecule has 0 aromatic heterocycles. The zero-order valence-electron chi connectivity index (χ0n) is 8.22. The summed E-state index contributed by atoms with van der Waals surface area (Å²) < 4.78 is 26.7. The molecule has 0 amide bonds. The second kappa shape index (κ2) is 3.15. The predicted molar refractivity (Wildman–Crippen MR) is 52.3 cm³/mol. The van der Waals surface area contributed by atoms with Crippen molar-refractivity contribution < 1.29 is 23.0 Å². The van der Waals surface area contributed by atoms with Crippen molar-refractivity contribution in [1.29, 1.82) is 0 Å². The van der Waals surface area contributed by atoms with E-state index in [1.54, 1.807) is 12.1 Å². The van der Waals surface area contributed by atoms with Crippen LogP contribution in [0.5, 0.6) is 23.0 Å². The van der Waals surface area contributed by atoms with Gasteiger partial charge in [0.05, 0.1) is 0 Å². The van der Waals surface area contributed by atoms with E-state index in [1.165, 1.54) is 7.11 Å². The monoisotopic (exact) mass is 228 g/mol. The summed E-state index contributed by atoms with van der Waals surface area (Å²) in [4.78, 5) is 0. The number of ether oxygens (including phenoxy) is 2. The molecule has 2 aliphatic rings. The summed E-state index contributed by atoms with van der Waals surface area (Å²) in [7, 11) is 0.213. The molecule has 2 atom stereocenters. The van der Waals surface area contributed by atoms with Crippen LogP contribution in [-0.2, 0) is 4.52 Å². The fourth-order valence-corrected chi connectivity index (χ4v) is 2.32. The van der Waals surface area contributed by atoms with Gasteiger partial charge in [-0.3, -0.25) is 4.52 Å². The van der Waals surface area contributed by atoms with E-state index in [0.29, 0.717) is 23.0 Å². The molecule has 0 fully saturated rings. The first-order chi connectivity index (χ1) is 7.28. The van der Waals surface area contributed by atoms with E-state index in [9.17, 15) is 0 Å². The van der Waals surface area contributed by atoms with Crippen molar-refractivity contribution in [1.82, 2.24) is 0 Å². The topological polar surface area (TPSA) is 46.2 Å². The van der Waals surface area contributed by atoms with Gasteiger partial charge < -0.3 is 18.5 Å². The number of hydrogen-bond acceptors (Lipinski definition) is 5. The highest BCUT2D eigenvalue weighted by atomic mass is 31.2. The maximum atomic E-state index is 5.47. The Balaban J connectivity index is 2.02. The minimum Gasteiger partial charge on any atom is -0.451 e. The maximum Gasteiger partial charge on any atom is 0.463 e. The van der Waals surface area contributed by atoms with Gasteiger partial charge in [-0.15, -0.1) is 0 Å². The molecule has 3 rings (SSSR count). The molecule has 0 aliphatic carbocycles. The molecule has 0 N–H and O–H groups in total. The van der Waals surface area contributed by atoms with Gasteiger partial charge >= 0.3 is 8.60 Å². The summed E-state index contributed by atoms with van der Waals surface area (Å²) in [5.41, 5.74) is 0. The Kier molecular flexibility index (Phi) is 1.90. The predicted octanol–water partition coefficient (Wildman–Crippen LogP) is 2.45. The van der Waals surface area contributed by atoms with E-state index in [-0.39, 0.29) is 6.29 Å². The van der Waals surface area contributed by atoms with Crippen molar-refractivity contribution >= 4 is 8.60 Å². The lowest BCUT2D eigenvalue weighted by Gasteiger charge is -2.03. The van der Waals surface area contributed by atoms with E-state index < -0.39 is 8.60 Å². The van der Waals surface area contributed by atoms with Crippen molar-refractivity contribution in [2.24, 2.45) is 0 Å². The third kappa shape index (κ3) is 1.31. The largest absolute Gasteiger partial charge is 0.463 e. The van der Waals surface area contributed by atoms with Crippen LogP contribution < -0.4 is 18.5 Å². The van der Waals surface area contributed by atoms with Gasteiger partial charge in [0.15, 0.2) is 11.5 Å². The molecule has 2 heterocycles. The van der Waals surface area contributed by atoms with E-state index in [4.69, 9.17) is 23.0 Å². The van der Waals surface area contributed by atoms with Gasteiger partial charge in [-0.05, 0) is 12.1 Å². The Morgan fingerprint density at radius 2 is 1.93 bits per heavy atom. The fourth-order valence-electron chi connectivity index (χ4n) is 1.51. The molecule has 15 heavy (non-hydrogen) atoms. The number of hydrogen-bond donors (Lipinski definition) is 0. The van der Waals surface area contributed by atoms with Crippen molar-refractivity contribution in [2.75, 3.05) is 7.11 Å². The zero-order chi connectivity index (χ0) is 10.4.